The molecule has 0 amide bonds. The van der Waals surface area contributed by atoms with E-state index in [0.717, 1.165) is 12.8 Å². The first-order valence-electron chi connectivity index (χ1n) is 6.23. The molecule has 1 aromatic carbocycles. The van der Waals surface area contributed by atoms with Crippen LogP contribution in [0.2, 0.25) is 5.02 Å². The molecule has 0 saturated carbocycles. The Bertz CT molecular complexity index is 473. The Hall–Kier alpha value is -1.75. The van der Waals surface area contributed by atoms with Gasteiger partial charge in [-0.25, -0.2) is 4.79 Å². The average Bonchev–Trinajstić information content (AvgIpc) is 2.45. The van der Waals surface area contributed by atoms with Gasteiger partial charge in [0, 0.05) is 5.56 Å². The molecule has 110 valence electrons. The molecule has 0 fully saturated rings. The summed E-state index contributed by atoms with van der Waals surface area (Å²) < 4.78 is 15.3. The van der Waals surface area contributed by atoms with Crippen LogP contribution < -0.4 is 9.47 Å². The second-order valence-corrected chi connectivity index (χ2v) is 4.42. The lowest BCUT2D eigenvalue weighted by Crippen LogP contribution is -2.16. The molecule has 0 heterocycles. The van der Waals surface area contributed by atoms with Gasteiger partial charge in [0.25, 0.3) is 0 Å². The number of rotatable bonds is 8. The molecule has 0 spiro atoms. The second kappa shape index (κ2) is 8.43. The molecule has 0 aliphatic heterocycles. The summed E-state index contributed by atoms with van der Waals surface area (Å²) in [5.74, 6) is 0.0317. The first-order chi connectivity index (χ1) is 9.62. The summed E-state index contributed by atoms with van der Waals surface area (Å²) in [6, 6.07) is 2.92. The summed E-state index contributed by atoms with van der Waals surface area (Å²) >= 11 is 5.99. The van der Waals surface area contributed by atoms with Gasteiger partial charge in [0.15, 0.2) is 18.1 Å². The summed E-state index contributed by atoms with van der Waals surface area (Å²) in [6.45, 7) is 2.11. The number of unbranched alkanes of at least 4 members (excludes halogenated alkanes) is 1. The highest BCUT2D eigenvalue weighted by molar-refractivity contribution is 6.32. The summed E-state index contributed by atoms with van der Waals surface area (Å²) in [6.07, 6.45) is 2.40. The van der Waals surface area contributed by atoms with E-state index >= 15 is 0 Å². The summed E-state index contributed by atoms with van der Waals surface area (Å²) in [4.78, 5) is 22.2. The first kappa shape index (κ1) is 16.3. The second-order valence-electron chi connectivity index (χ2n) is 4.01. The highest BCUT2D eigenvalue weighted by Crippen LogP contribution is 2.35. The molecule has 0 N–H and O–H groups in total. The number of hydrogen-bond acceptors (Lipinski definition) is 5. The molecule has 1 rings (SSSR count). The van der Waals surface area contributed by atoms with Crippen molar-refractivity contribution in [2.24, 2.45) is 0 Å². The Labute approximate surface area is 122 Å². The van der Waals surface area contributed by atoms with Crippen LogP contribution in [-0.2, 0) is 9.53 Å². The third-order valence-electron chi connectivity index (χ3n) is 2.48. The van der Waals surface area contributed by atoms with Crippen molar-refractivity contribution in [1.29, 1.82) is 0 Å². The number of esters is 1. The molecule has 0 bridgehead atoms. The fourth-order valence-electron chi connectivity index (χ4n) is 1.45. The van der Waals surface area contributed by atoms with Crippen molar-refractivity contribution < 1.29 is 23.8 Å². The van der Waals surface area contributed by atoms with Crippen LogP contribution in [0.25, 0.3) is 0 Å². The van der Waals surface area contributed by atoms with Crippen molar-refractivity contribution in [3.63, 3.8) is 0 Å². The fourth-order valence-corrected chi connectivity index (χ4v) is 1.72. The molecule has 20 heavy (non-hydrogen) atoms. The van der Waals surface area contributed by atoms with Crippen LogP contribution in [-0.4, -0.2) is 32.6 Å². The van der Waals surface area contributed by atoms with E-state index in [4.69, 9.17) is 25.8 Å². The Morgan fingerprint density at radius 3 is 2.75 bits per heavy atom. The van der Waals surface area contributed by atoms with Gasteiger partial charge in [0.05, 0.1) is 18.7 Å². The van der Waals surface area contributed by atoms with Crippen LogP contribution in [0.15, 0.2) is 12.1 Å². The predicted molar refractivity (Wildman–Crippen MR) is 74.8 cm³/mol. The minimum atomic E-state index is -0.476. The van der Waals surface area contributed by atoms with E-state index < -0.39 is 5.97 Å². The Balaban J connectivity index is 2.67. The van der Waals surface area contributed by atoms with Crippen molar-refractivity contribution in [3.05, 3.63) is 22.7 Å². The zero-order chi connectivity index (χ0) is 15.0. The van der Waals surface area contributed by atoms with Gasteiger partial charge < -0.3 is 14.2 Å². The van der Waals surface area contributed by atoms with Crippen LogP contribution in [0.3, 0.4) is 0 Å². The van der Waals surface area contributed by atoms with Crippen LogP contribution in [0.4, 0.5) is 0 Å². The van der Waals surface area contributed by atoms with E-state index in [9.17, 15) is 9.59 Å². The molecular formula is C14H17ClO5. The van der Waals surface area contributed by atoms with Crippen LogP contribution in [0, 0.1) is 0 Å². The SMILES string of the molecule is CCCCOC(=O)COc1c(Cl)cc(C=O)cc1OC. The third kappa shape index (κ3) is 4.74. The van der Waals surface area contributed by atoms with E-state index in [1.54, 1.807) is 0 Å². The van der Waals surface area contributed by atoms with E-state index in [0.29, 0.717) is 24.2 Å². The van der Waals surface area contributed by atoms with Crippen LogP contribution >= 0.6 is 11.6 Å². The first-order valence-corrected chi connectivity index (χ1v) is 6.61. The smallest absolute Gasteiger partial charge is 0.344 e. The number of ether oxygens (including phenoxy) is 3. The van der Waals surface area contributed by atoms with Crippen molar-refractivity contribution in [2.45, 2.75) is 19.8 Å². The van der Waals surface area contributed by atoms with E-state index in [2.05, 4.69) is 0 Å². The molecular weight excluding hydrogens is 284 g/mol. The van der Waals surface area contributed by atoms with Crippen molar-refractivity contribution in [2.75, 3.05) is 20.3 Å². The quantitative estimate of drug-likeness (QED) is 0.420. The topological polar surface area (TPSA) is 61.8 Å². The average molecular weight is 301 g/mol. The minimum absolute atomic E-state index is 0.202. The van der Waals surface area contributed by atoms with Gasteiger partial charge >= 0.3 is 5.97 Å². The lowest BCUT2D eigenvalue weighted by Gasteiger charge is -2.12. The lowest BCUT2D eigenvalue weighted by atomic mass is 10.2. The molecule has 0 unspecified atom stereocenters. The van der Waals surface area contributed by atoms with Crippen LogP contribution in [0.5, 0.6) is 11.5 Å². The Kier molecular flexibility index (Phi) is 6.87. The molecule has 0 radical (unpaired) electrons. The molecule has 5 nitrogen and oxygen atoms in total. The van der Waals surface area contributed by atoms with Crippen molar-refractivity contribution >= 4 is 23.9 Å². The van der Waals surface area contributed by atoms with Crippen molar-refractivity contribution in [1.82, 2.24) is 0 Å². The summed E-state index contributed by atoms with van der Waals surface area (Å²) in [5.41, 5.74) is 0.365. The Morgan fingerprint density at radius 1 is 1.40 bits per heavy atom. The number of carbonyl (C=O) groups excluding carboxylic acids is 2. The maximum Gasteiger partial charge on any atom is 0.344 e. The molecule has 0 saturated heterocycles. The van der Waals surface area contributed by atoms with E-state index in [1.165, 1.54) is 19.2 Å². The van der Waals surface area contributed by atoms with Gasteiger partial charge in [0.1, 0.15) is 6.29 Å². The third-order valence-corrected chi connectivity index (χ3v) is 2.76. The molecule has 0 aliphatic carbocycles. The minimum Gasteiger partial charge on any atom is -0.493 e. The number of benzene rings is 1. The molecule has 0 aliphatic rings. The zero-order valence-electron chi connectivity index (χ0n) is 11.5. The highest BCUT2D eigenvalue weighted by Gasteiger charge is 2.14. The molecule has 0 atom stereocenters. The zero-order valence-corrected chi connectivity index (χ0v) is 12.2. The summed E-state index contributed by atoms with van der Waals surface area (Å²) in [7, 11) is 1.42. The van der Waals surface area contributed by atoms with Gasteiger partial charge in [0.2, 0.25) is 0 Å². The number of halogens is 1. The molecule has 1 aromatic rings. The molecule has 6 heteroatoms. The van der Waals surface area contributed by atoms with E-state index in [1.807, 2.05) is 6.92 Å². The maximum absolute atomic E-state index is 11.4. The summed E-state index contributed by atoms with van der Waals surface area (Å²) in [5, 5.41) is 0.202. The fraction of sp³-hybridized carbons (Fsp3) is 0.429. The van der Waals surface area contributed by atoms with Gasteiger partial charge in [-0.3, -0.25) is 4.79 Å². The number of carbonyl (C=O) groups is 2. The monoisotopic (exact) mass is 300 g/mol. The standard InChI is InChI=1S/C14H17ClO5/c1-3-4-5-19-13(17)9-20-14-11(15)6-10(8-16)7-12(14)18-2/h6-8H,3-5,9H2,1-2H3. The number of methoxy groups -OCH3 is 1. The van der Waals surface area contributed by atoms with Crippen molar-refractivity contribution in [3.8, 4) is 11.5 Å². The normalized spacial score (nSPS) is 9.95. The molecule has 0 aromatic heterocycles. The lowest BCUT2D eigenvalue weighted by molar-refractivity contribution is -0.146. The van der Waals surface area contributed by atoms with Gasteiger partial charge in [-0.15, -0.1) is 0 Å². The largest absolute Gasteiger partial charge is 0.493 e. The van der Waals surface area contributed by atoms with Gasteiger partial charge in [-0.1, -0.05) is 24.9 Å². The van der Waals surface area contributed by atoms with Gasteiger partial charge in [-0.2, -0.15) is 0 Å². The Morgan fingerprint density at radius 2 is 2.15 bits per heavy atom. The maximum atomic E-state index is 11.4. The van der Waals surface area contributed by atoms with Crippen LogP contribution in [0.1, 0.15) is 30.1 Å². The predicted octanol–water partition coefficient (Wildman–Crippen LogP) is 2.88. The van der Waals surface area contributed by atoms with Gasteiger partial charge in [-0.05, 0) is 18.6 Å². The number of aldehydes is 1. The van der Waals surface area contributed by atoms with E-state index in [-0.39, 0.29) is 17.4 Å². The number of hydrogen-bond donors (Lipinski definition) is 0. The highest BCUT2D eigenvalue weighted by atomic mass is 35.5.